The number of fused-ring (bicyclic) bond motifs is 2. The zero-order valence-electron chi connectivity index (χ0n) is 18.3. The second kappa shape index (κ2) is 9.33. The number of thiophene rings is 2. The summed E-state index contributed by atoms with van der Waals surface area (Å²) < 4.78 is 12.8. The Kier molecular flexibility index (Phi) is 5.89. The molecule has 0 fully saturated rings. The highest BCUT2D eigenvalue weighted by Crippen LogP contribution is 2.35. The largest absolute Gasteiger partial charge is 0.486 e. The van der Waals surface area contributed by atoms with Gasteiger partial charge in [-0.25, -0.2) is 4.98 Å². The van der Waals surface area contributed by atoms with Crippen molar-refractivity contribution in [1.29, 1.82) is 0 Å². The lowest BCUT2D eigenvalue weighted by atomic mass is 10.1. The fourth-order valence-electron chi connectivity index (χ4n) is 3.92. The zero-order valence-corrected chi connectivity index (χ0v) is 20.8. The molecule has 0 unspecified atom stereocenters. The maximum atomic E-state index is 13.8. The van der Waals surface area contributed by atoms with Crippen LogP contribution in [0.25, 0.3) is 26.3 Å². The Bertz CT molecular complexity index is 1590. The van der Waals surface area contributed by atoms with Crippen LogP contribution in [-0.2, 0) is 0 Å². The lowest BCUT2D eigenvalue weighted by molar-refractivity contribution is 0.102. The highest BCUT2D eigenvalue weighted by atomic mass is 32.2. The summed E-state index contributed by atoms with van der Waals surface area (Å²) in [5.41, 5.74) is 2.00. The van der Waals surface area contributed by atoms with E-state index in [2.05, 4.69) is 0 Å². The molecule has 9 heteroatoms. The van der Waals surface area contributed by atoms with Gasteiger partial charge in [-0.2, -0.15) is 0 Å². The number of nitrogens with zero attached hydrogens (tertiary/aromatic N) is 2. The molecule has 0 spiro atoms. The van der Waals surface area contributed by atoms with Crippen molar-refractivity contribution in [3.63, 3.8) is 0 Å². The molecule has 2 aromatic carbocycles. The van der Waals surface area contributed by atoms with Gasteiger partial charge < -0.3 is 9.47 Å². The molecule has 3 aromatic heterocycles. The monoisotopic (exact) mass is 518 g/mol. The molecule has 6 nitrogen and oxygen atoms in total. The normalized spacial score (nSPS) is 12.7. The van der Waals surface area contributed by atoms with E-state index in [1.54, 1.807) is 34.1 Å². The highest BCUT2D eigenvalue weighted by Gasteiger charge is 2.21. The van der Waals surface area contributed by atoms with Gasteiger partial charge in [-0.1, -0.05) is 36.0 Å². The first kappa shape index (κ1) is 22.1. The number of Topliss-reactive ketones (excluding diaryl/α,β-unsaturated/α-hetero) is 1. The number of carbonyl (C=O) groups excluding carboxylic acids is 1. The number of rotatable bonds is 6. The third-order valence-corrected chi connectivity index (χ3v) is 8.29. The molecule has 0 bridgehead atoms. The number of aromatic nitrogens is 2. The molecule has 0 amide bonds. The van der Waals surface area contributed by atoms with Crippen molar-refractivity contribution in [3.8, 4) is 27.6 Å². The number of para-hydroxylation sites is 1. The van der Waals surface area contributed by atoms with E-state index in [0.29, 0.717) is 51.3 Å². The Morgan fingerprint density at radius 1 is 1.00 bits per heavy atom. The van der Waals surface area contributed by atoms with Gasteiger partial charge in [0.15, 0.2) is 22.4 Å². The predicted octanol–water partition coefficient (Wildman–Crippen LogP) is 5.92. The van der Waals surface area contributed by atoms with Gasteiger partial charge in [0, 0.05) is 21.4 Å². The van der Waals surface area contributed by atoms with Gasteiger partial charge in [0.1, 0.15) is 18.0 Å². The van der Waals surface area contributed by atoms with Crippen LogP contribution in [0.5, 0.6) is 11.5 Å². The van der Waals surface area contributed by atoms with Gasteiger partial charge in [-0.05, 0) is 41.8 Å². The molecular weight excluding hydrogens is 500 g/mol. The van der Waals surface area contributed by atoms with E-state index < -0.39 is 0 Å². The fraction of sp³-hybridized carbons (Fsp3) is 0.115. The summed E-state index contributed by atoms with van der Waals surface area (Å²) in [6.07, 6.45) is 0. The van der Waals surface area contributed by atoms with Crippen LogP contribution < -0.4 is 15.0 Å². The number of ether oxygens (including phenoxy) is 2. The van der Waals surface area contributed by atoms with E-state index in [4.69, 9.17) is 14.5 Å². The first-order valence-electron chi connectivity index (χ1n) is 10.9. The summed E-state index contributed by atoms with van der Waals surface area (Å²) in [4.78, 5) is 33.4. The molecule has 4 heterocycles. The van der Waals surface area contributed by atoms with Crippen LogP contribution in [0.3, 0.4) is 0 Å². The van der Waals surface area contributed by atoms with Crippen molar-refractivity contribution in [2.45, 2.75) is 5.16 Å². The summed E-state index contributed by atoms with van der Waals surface area (Å²) >= 11 is 4.29. The Balaban J connectivity index is 1.38. The van der Waals surface area contributed by atoms with E-state index in [1.807, 2.05) is 53.2 Å². The van der Waals surface area contributed by atoms with Crippen molar-refractivity contribution in [1.82, 2.24) is 9.55 Å². The molecule has 0 N–H and O–H groups in total. The number of hydrogen-bond donors (Lipinski definition) is 0. The van der Waals surface area contributed by atoms with E-state index >= 15 is 0 Å². The minimum atomic E-state index is -0.139. The second-order valence-electron chi connectivity index (χ2n) is 7.75. The van der Waals surface area contributed by atoms with E-state index in [0.717, 1.165) is 10.4 Å². The smallest absolute Gasteiger partial charge is 0.268 e. The molecule has 0 aliphatic carbocycles. The molecule has 0 radical (unpaired) electrons. The number of thioether (sulfide) groups is 1. The maximum absolute atomic E-state index is 13.8. The van der Waals surface area contributed by atoms with Crippen LogP contribution in [-0.4, -0.2) is 34.3 Å². The van der Waals surface area contributed by atoms with Crippen LogP contribution in [0, 0.1) is 0 Å². The third-order valence-electron chi connectivity index (χ3n) is 5.57. The number of hydrogen-bond acceptors (Lipinski definition) is 8. The van der Waals surface area contributed by atoms with E-state index in [1.165, 1.54) is 23.1 Å². The molecule has 174 valence electrons. The third kappa shape index (κ3) is 4.16. The van der Waals surface area contributed by atoms with Gasteiger partial charge in [0.05, 0.1) is 16.8 Å². The number of benzene rings is 2. The molecule has 0 atom stereocenters. The number of ketones is 1. The minimum Gasteiger partial charge on any atom is -0.486 e. The van der Waals surface area contributed by atoms with E-state index in [9.17, 15) is 9.59 Å². The molecule has 5 aromatic rings. The minimum absolute atomic E-state index is 0.0774. The van der Waals surface area contributed by atoms with Gasteiger partial charge in [-0.15, -0.1) is 22.7 Å². The maximum Gasteiger partial charge on any atom is 0.268 e. The molecule has 1 aliphatic rings. The molecule has 6 rings (SSSR count). The summed E-state index contributed by atoms with van der Waals surface area (Å²) in [6.45, 7) is 0.958. The Morgan fingerprint density at radius 2 is 1.83 bits per heavy atom. The van der Waals surface area contributed by atoms with Crippen LogP contribution in [0.2, 0.25) is 0 Å². The quantitative estimate of drug-likeness (QED) is 0.158. The SMILES string of the molecule is O=C(CSc1nc2scc(-c3cccs3)c2c(=O)n1-c1ccccc1)c1ccc2c(c1)OCCO2. The van der Waals surface area contributed by atoms with Gasteiger partial charge in [0.25, 0.3) is 5.56 Å². The molecule has 0 saturated heterocycles. The molecular formula is C26H18N2O4S3. The lowest BCUT2D eigenvalue weighted by Crippen LogP contribution is -2.22. The van der Waals surface area contributed by atoms with Gasteiger partial charge in [0.2, 0.25) is 0 Å². The average Bonchev–Trinajstić information content (AvgIpc) is 3.58. The Morgan fingerprint density at radius 3 is 2.63 bits per heavy atom. The second-order valence-corrected chi connectivity index (χ2v) is 10.5. The van der Waals surface area contributed by atoms with Crippen molar-refractivity contribution < 1.29 is 14.3 Å². The first-order chi connectivity index (χ1) is 17.2. The average molecular weight is 519 g/mol. The highest BCUT2D eigenvalue weighted by molar-refractivity contribution is 7.99. The summed E-state index contributed by atoms with van der Waals surface area (Å²) in [7, 11) is 0. The summed E-state index contributed by atoms with van der Waals surface area (Å²) in [5, 5.41) is 5.06. The molecule has 0 saturated carbocycles. The van der Waals surface area contributed by atoms with Crippen LogP contribution >= 0.6 is 34.4 Å². The standard InChI is InChI=1S/C26H18N2O4S3/c29-19(16-8-9-20-21(13-16)32-11-10-31-20)15-35-26-27-24-23(18(14-34-24)22-7-4-12-33-22)25(30)28(26)17-5-2-1-3-6-17/h1-9,12-14H,10-11,15H2. The van der Waals surface area contributed by atoms with Crippen LogP contribution in [0.15, 0.2) is 81.4 Å². The summed E-state index contributed by atoms with van der Waals surface area (Å²) in [6, 6.07) is 18.6. The van der Waals surface area contributed by atoms with Gasteiger partial charge in [-0.3, -0.25) is 14.2 Å². The Hall–Kier alpha value is -3.40. The topological polar surface area (TPSA) is 70.4 Å². The van der Waals surface area contributed by atoms with Crippen molar-refractivity contribution in [3.05, 3.63) is 87.3 Å². The van der Waals surface area contributed by atoms with Gasteiger partial charge >= 0.3 is 0 Å². The van der Waals surface area contributed by atoms with Crippen molar-refractivity contribution in [2.24, 2.45) is 0 Å². The zero-order chi connectivity index (χ0) is 23.8. The van der Waals surface area contributed by atoms with Crippen molar-refractivity contribution in [2.75, 3.05) is 19.0 Å². The Labute approximate surface area is 212 Å². The lowest BCUT2D eigenvalue weighted by Gasteiger charge is -2.18. The number of carbonyl (C=O) groups is 1. The van der Waals surface area contributed by atoms with Crippen LogP contribution in [0.1, 0.15) is 10.4 Å². The first-order valence-corrected chi connectivity index (χ1v) is 13.6. The van der Waals surface area contributed by atoms with Crippen molar-refractivity contribution >= 4 is 50.4 Å². The fourth-order valence-corrected chi connectivity index (χ4v) is 6.63. The van der Waals surface area contributed by atoms with Crippen LogP contribution in [0.4, 0.5) is 0 Å². The van der Waals surface area contributed by atoms with E-state index in [-0.39, 0.29) is 17.1 Å². The molecule has 35 heavy (non-hydrogen) atoms. The molecule has 1 aliphatic heterocycles. The predicted molar refractivity (Wildman–Crippen MR) is 141 cm³/mol. The summed E-state index contributed by atoms with van der Waals surface area (Å²) in [5.74, 6) is 1.27.